The Morgan fingerprint density at radius 2 is 1.31 bits per heavy atom. The molecule has 0 spiro atoms. The normalized spacial score (nSPS) is 11.1. The molecule has 3 nitrogen and oxygen atoms in total. The van der Waals surface area contributed by atoms with Crippen LogP contribution in [0.3, 0.4) is 0 Å². The first-order chi connectivity index (χ1) is 14.3. The molecule has 2 heterocycles. The van der Waals surface area contributed by atoms with Crippen LogP contribution in [0, 0.1) is 6.92 Å². The molecule has 0 fully saturated rings. The Labute approximate surface area is 170 Å². The molecular weight excluding hydrogens is 354 g/mol. The second-order valence-corrected chi connectivity index (χ2v) is 7.23. The van der Waals surface area contributed by atoms with Crippen molar-refractivity contribution in [1.82, 2.24) is 14.6 Å². The maximum atomic E-state index is 5.06. The Morgan fingerprint density at radius 3 is 1.97 bits per heavy atom. The Balaban J connectivity index is 1.79. The Morgan fingerprint density at radius 1 is 0.724 bits per heavy atom. The van der Waals surface area contributed by atoms with Crippen LogP contribution >= 0.6 is 0 Å². The van der Waals surface area contributed by atoms with Gasteiger partial charge < -0.3 is 0 Å². The van der Waals surface area contributed by atoms with E-state index >= 15 is 0 Å². The Hall–Kier alpha value is -3.72. The summed E-state index contributed by atoms with van der Waals surface area (Å²) < 4.78 is 2.00. The molecule has 0 aliphatic carbocycles. The van der Waals surface area contributed by atoms with Gasteiger partial charge in [-0.3, -0.25) is 0 Å². The lowest BCUT2D eigenvalue weighted by molar-refractivity contribution is 0.898. The summed E-state index contributed by atoms with van der Waals surface area (Å²) in [6.07, 6.45) is 0.766. The molecule has 140 valence electrons. The van der Waals surface area contributed by atoms with Crippen LogP contribution in [0.15, 0.2) is 97.1 Å². The van der Waals surface area contributed by atoms with E-state index in [1.54, 1.807) is 0 Å². The molecule has 0 saturated carbocycles. The van der Waals surface area contributed by atoms with Crippen molar-refractivity contribution in [3.63, 3.8) is 0 Å². The van der Waals surface area contributed by atoms with E-state index in [0.29, 0.717) is 0 Å². The highest BCUT2D eigenvalue weighted by molar-refractivity contribution is 5.82. The van der Waals surface area contributed by atoms with Gasteiger partial charge in [-0.25, -0.2) is 9.50 Å². The predicted octanol–water partition coefficient (Wildman–Crippen LogP) is 5.96. The van der Waals surface area contributed by atoms with Gasteiger partial charge >= 0.3 is 0 Å². The number of fused-ring (bicyclic) bond motifs is 1. The van der Waals surface area contributed by atoms with Crippen LogP contribution in [0.25, 0.3) is 28.0 Å². The zero-order chi connectivity index (χ0) is 19.6. The van der Waals surface area contributed by atoms with Gasteiger partial charge in [0.15, 0.2) is 5.65 Å². The molecule has 5 rings (SSSR count). The van der Waals surface area contributed by atoms with E-state index in [0.717, 1.165) is 45.8 Å². The van der Waals surface area contributed by atoms with Crippen LogP contribution in [0.1, 0.15) is 17.0 Å². The third kappa shape index (κ3) is 3.32. The minimum Gasteiger partial charge on any atom is -0.233 e. The molecule has 3 aromatic carbocycles. The van der Waals surface area contributed by atoms with Crippen LogP contribution in [0.5, 0.6) is 0 Å². The first-order valence-corrected chi connectivity index (χ1v) is 9.83. The molecule has 0 radical (unpaired) electrons. The second kappa shape index (κ2) is 7.36. The summed E-state index contributed by atoms with van der Waals surface area (Å²) in [6.45, 7) is 2.05. The predicted molar refractivity (Wildman–Crippen MR) is 118 cm³/mol. The van der Waals surface area contributed by atoms with Gasteiger partial charge in [-0.15, -0.1) is 0 Å². The zero-order valence-electron chi connectivity index (χ0n) is 16.3. The third-order valence-electron chi connectivity index (χ3n) is 5.14. The average molecular weight is 375 g/mol. The molecule has 0 N–H and O–H groups in total. The van der Waals surface area contributed by atoms with Gasteiger partial charge in [0.1, 0.15) is 0 Å². The van der Waals surface area contributed by atoms with Gasteiger partial charge in [0.05, 0.1) is 17.0 Å². The lowest BCUT2D eigenvalue weighted by atomic mass is 10.0. The van der Waals surface area contributed by atoms with E-state index in [4.69, 9.17) is 10.1 Å². The lowest BCUT2D eigenvalue weighted by Crippen LogP contribution is -1.98. The van der Waals surface area contributed by atoms with Gasteiger partial charge in [-0.05, 0) is 24.1 Å². The quantitative estimate of drug-likeness (QED) is 0.388. The summed E-state index contributed by atoms with van der Waals surface area (Å²) in [7, 11) is 0. The number of benzene rings is 3. The largest absolute Gasteiger partial charge is 0.233 e. The first kappa shape index (κ1) is 17.4. The minimum absolute atomic E-state index is 0.766. The smallest absolute Gasteiger partial charge is 0.164 e. The van der Waals surface area contributed by atoms with E-state index in [2.05, 4.69) is 78.9 Å². The van der Waals surface area contributed by atoms with Crippen molar-refractivity contribution in [3.05, 3.63) is 114 Å². The van der Waals surface area contributed by atoms with E-state index in [9.17, 15) is 0 Å². The van der Waals surface area contributed by atoms with Gasteiger partial charge in [0.25, 0.3) is 0 Å². The molecule has 0 unspecified atom stereocenters. The fourth-order valence-corrected chi connectivity index (χ4v) is 3.81. The van der Waals surface area contributed by atoms with E-state index in [-0.39, 0.29) is 0 Å². The van der Waals surface area contributed by atoms with Crippen molar-refractivity contribution in [1.29, 1.82) is 0 Å². The molecule has 0 aliphatic heterocycles. The zero-order valence-corrected chi connectivity index (χ0v) is 16.3. The van der Waals surface area contributed by atoms with Gasteiger partial charge in [0.2, 0.25) is 0 Å². The lowest BCUT2D eigenvalue weighted by Gasteiger charge is -2.07. The SMILES string of the molecule is Cc1cc(-c2ccccc2)n2nc(Cc3ccccc3)c(-c3ccccc3)c2n1. The second-order valence-electron chi connectivity index (χ2n) is 7.23. The highest BCUT2D eigenvalue weighted by Gasteiger charge is 2.19. The van der Waals surface area contributed by atoms with Crippen LogP contribution in [-0.4, -0.2) is 14.6 Å². The molecule has 0 amide bonds. The molecule has 0 atom stereocenters. The third-order valence-corrected chi connectivity index (χ3v) is 5.14. The monoisotopic (exact) mass is 375 g/mol. The minimum atomic E-state index is 0.766. The molecule has 0 aliphatic rings. The van der Waals surface area contributed by atoms with Crippen LogP contribution in [0.4, 0.5) is 0 Å². The van der Waals surface area contributed by atoms with Crippen molar-refractivity contribution in [3.8, 4) is 22.4 Å². The molecule has 2 aromatic heterocycles. The summed E-state index contributed by atoms with van der Waals surface area (Å²) in [5.41, 5.74) is 8.62. The van der Waals surface area contributed by atoms with E-state index < -0.39 is 0 Å². The Bertz CT molecular complexity index is 1260. The number of nitrogens with zero attached hydrogens (tertiary/aromatic N) is 3. The van der Waals surface area contributed by atoms with Crippen molar-refractivity contribution < 1.29 is 0 Å². The highest BCUT2D eigenvalue weighted by atomic mass is 15.3. The molecule has 29 heavy (non-hydrogen) atoms. The highest BCUT2D eigenvalue weighted by Crippen LogP contribution is 2.32. The van der Waals surface area contributed by atoms with Crippen molar-refractivity contribution in [2.45, 2.75) is 13.3 Å². The fourth-order valence-electron chi connectivity index (χ4n) is 3.81. The summed E-state index contributed by atoms with van der Waals surface area (Å²) in [6, 6.07) is 33.4. The Kier molecular flexibility index (Phi) is 4.41. The average Bonchev–Trinajstić information content (AvgIpc) is 3.12. The van der Waals surface area contributed by atoms with Crippen molar-refractivity contribution in [2.75, 3.05) is 0 Å². The van der Waals surface area contributed by atoms with Crippen molar-refractivity contribution >= 4 is 5.65 Å². The summed E-state index contributed by atoms with van der Waals surface area (Å²) in [5, 5.41) is 5.06. The molecule has 0 bridgehead atoms. The molecule has 5 aromatic rings. The molecule has 0 saturated heterocycles. The molecule has 3 heteroatoms. The number of aryl methyl sites for hydroxylation is 1. The maximum Gasteiger partial charge on any atom is 0.164 e. The van der Waals surface area contributed by atoms with Crippen molar-refractivity contribution in [2.24, 2.45) is 0 Å². The van der Waals surface area contributed by atoms with Gasteiger partial charge in [0, 0.05) is 17.7 Å². The number of hydrogen-bond acceptors (Lipinski definition) is 2. The van der Waals surface area contributed by atoms with Gasteiger partial charge in [-0.2, -0.15) is 5.10 Å². The number of rotatable bonds is 4. The summed E-state index contributed by atoms with van der Waals surface area (Å²) >= 11 is 0. The van der Waals surface area contributed by atoms with Crippen LogP contribution in [0.2, 0.25) is 0 Å². The fraction of sp³-hybridized carbons (Fsp3) is 0.0769. The van der Waals surface area contributed by atoms with Gasteiger partial charge in [-0.1, -0.05) is 91.0 Å². The van der Waals surface area contributed by atoms with Crippen LogP contribution < -0.4 is 0 Å². The van der Waals surface area contributed by atoms with E-state index in [1.165, 1.54) is 5.56 Å². The van der Waals surface area contributed by atoms with Crippen LogP contribution in [-0.2, 0) is 6.42 Å². The molecular formula is C26H21N3. The topological polar surface area (TPSA) is 30.2 Å². The number of aromatic nitrogens is 3. The summed E-state index contributed by atoms with van der Waals surface area (Å²) in [5.74, 6) is 0. The number of hydrogen-bond donors (Lipinski definition) is 0. The summed E-state index contributed by atoms with van der Waals surface area (Å²) in [4.78, 5) is 4.90. The first-order valence-electron chi connectivity index (χ1n) is 9.83. The van der Waals surface area contributed by atoms with E-state index in [1.807, 2.05) is 29.6 Å². The standard InChI is InChI=1S/C26H21N3/c1-19-17-24(21-13-7-3-8-14-21)29-26(27-19)25(22-15-9-4-10-16-22)23(28-29)18-20-11-5-2-6-12-20/h2-17H,18H2,1H3. The maximum absolute atomic E-state index is 5.06.